The van der Waals surface area contributed by atoms with E-state index in [9.17, 15) is 4.89 Å². The maximum Gasteiger partial charge on any atom is 0.324 e. The number of aromatic nitrogens is 4. The lowest BCUT2D eigenvalue weighted by Crippen LogP contribution is -2.44. The van der Waals surface area contributed by atoms with Crippen LogP contribution in [0.5, 0.6) is 0 Å². The van der Waals surface area contributed by atoms with Crippen LogP contribution in [0.3, 0.4) is 0 Å². The molecule has 0 aliphatic carbocycles. The van der Waals surface area contributed by atoms with Gasteiger partial charge in [-0.25, -0.2) is 15.0 Å². The van der Waals surface area contributed by atoms with Crippen LogP contribution in [-0.4, -0.2) is 55.4 Å². The predicted octanol–water partition coefficient (Wildman–Crippen LogP) is 2.15. The number of fused-ring (bicyclic) bond motifs is 3. The predicted molar refractivity (Wildman–Crippen MR) is 109 cm³/mol. The molecule has 0 spiro atoms. The molecule has 3 N–H and O–H groups in total. The Kier molecular flexibility index (Phi) is 5.22. The van der Waals surface area contributed by atoms with Crippen molar-refractivity contribution in [3.05, 3.63) is 12.7 Å². The summed E-state index contributed by atoms with van der Waals surface area (Å²) in [6.07, 6.45) is 1.96. The summed E-state index contributed by atoms with van der Waals surface area (Å²) in [6.45, 7) is 5.24. The van der Waals surface area contributed by atoms with Crippen LogP contribution in [0.15, 0.2) is 12.7 Å². The summed E-state index contributed by atoms with van der Waals surface area (Å²) >= 11 is 5.19. The minimum atomic E-state index is -3.44. The van der Waals surface area contributed by atoms with E-state index in [0.29, 0.717) is 24.2 Å². The standard InChI is InChI=1S/C17H26N5O5PS/c1-5-25-28(23,29)27-12-11-15(26-17(12,7-24-11)6-16(2,3)4)22-9-21-10-13(18)19-8-20-14(10)22/h8-9,11-12,15H,5-7H2,1-4H3,(H,23,29)(H2,18,19,20)/t11?,12?,15-,17+,28?/m1/s1. The highest BCUT2D eigenvalue weighted by Crippen LogP contribution is 2.57. The van der Waals surface area contributed by atoms with Crippen LogP contribution < -0.4 is 5.73 Å². The number of hydrogen-bond acceptors (Lipinski definition) is 9. The molecule has 0 radical (unpaired) electrons. The molecule has 2 aliphatic heterocycles. The van der Waals surface area contributed by atoms with Crippen LogP contribution in [-0.2, 0) is 30.3 Å². The van der Waals surface area contributed by atoms with Crippen molar-refractivity contribution in [1.29, 1.82) is 0 Å². The van der Waals surface area contributed by atoms with Gasteiger partial charge < -0.3 is 24.6 Å². The summed E-state index contributed by atoms with van der Waals surface area (Å²) in [7, 11) is 0. The molecule has 29 heavy (non-hydrogen) atoms. The molecule has 4 heterocycles. The van der Waals surface area contributed by atoms with E-state index in [1.165, 1.54) is 6.33 Å². The van der Waals surface area contributed by atoms with Gasteiger partial charge in [0.25, 0.3) is 0 Å². The van der Waals surface area contributed by atoms with Crippen molar-refractivity contribution in [1.82, 2.24) is 19.5 Å². The molecule has 2 aromatic heterocycles. The first-order chi connectivity index (χ1) is 13.6. The number of rotatable bonds is 6. The largest absolute Gasteiger partial charge is 0.382 e. The molecule has 2 aliphatic rings. The van der Waals surface area contributed by atoms with E-state index >= 15 is 0 Å². The summed E-state index contributed by atoms with van der Waals surface area (Å²) in [5.41, 5.74) is 6.08. The van der Waals surface area contributed by atoms with Gasteiger partial charge in [-0.3, -0.25) is 9.09 Å². The Balaban J connectivity index is 1.73. The first kappa shape index (κ1) is 21.0. The maximum atomic E-state index is 10.5. The van der Waals surface area contributed by atoms with E-state index in [2.05, 4.69) is 35.7 Å². The molecular formula is C17H26N5O5PS. The van der Waals surface area contributed by atoms with Crippen molar-refractivity contribution in [3.8, 4) is 0 Å². The van der Waals surface area contributed by atoms with Gasteiger partial charge in [-0.15, -0.1) is 0 Å². The Labute approximate surface area is 174 Å². The summed E-state index contributed by atoms with van der Waals surface area (Å²) in [4.78, 5) is 23.1. The monoisotopic (exact) mass is 443 g/mol. The molecule has 10 nitrogen and oxygen atoms in total. The fourth-order valence-corrected chi connectivity index (χ4v) is 5.78. The molecule has 5 atom stereocenters. The zero-order valence-corrected chi connectivity index (χ0v) is 18.5. The van der Waals surface area contributed by atoms with Gasteiger partial charge in [-0.2, -0.15) is 0 Å². The van der Waals surface area contributed by atoms with Crippen molar-refractivity contribution in [3.63, 3.8) is 0 Å². The normalized spacial score (nSPS) is 31.4. The molecule has 160 valence electrons. The van der Waals surface area contributed by atoms with E-state index in [1.54, 1.807) is 17.8 Å². The Morgan fingerprint density at radius 2 is 2.17 bits per heavy atom. The van der Waals surface area contributed by atoms with E-state index in [1.807, 2.05) is 0 Å². The molecule has 0 aromatic carbocycles. The quantitative estimate of drug-likeness (QED) is 0.641. The lowest BCUT2D eigenvalue weighted by molar-refractivity contribution is -0.182. The molecule has 0 amide bonds. The number of nitrogen functional groups attached to an aromatic ring is 1. The first-order valence-electron chi connectivity index (χ1n) is 9.43. The van der Waals surface area contributed by atoms with Gasteiger partial charge in [-0.05, 0) is 30.6 Å². The third kappa shape index (κ3) is 3.81. The van der Waals surface area contributed by atoms with E-state index in [-0.39, 0.29) is 17.8 Å². The van der Waals surface area contributed by atoms with Crippen LogP contribution in [0.4, 0.5) is 5.82 Å². The van der Waals surface area contributed by atoms with Crippen LogP contribution in [0.1, 0.15) is 40.3 Å². The Morgan fingerprint density at radius 3 is 2.86 bits per heavy atom. The van der Waals surface area contributed by atoms with E-state index in [0.717, 1.165) is 0 Å². The fraction of sp³-hybridized carbons (Fsp3) is 0.706. The number of anilines is 1. The maximum absolute atomic E-state index is 10.5. The summed E-state index contributed by atoms with van der Waals surface area (Å²) in [5, 5.41) is 0. The van der Waals surface area contributed by atoms with Gasteiger partial charge in [0.1, 0.15) is 29.7 Å². The highest BCUT2D eigenvalue weighted by molar-refractivity contribution is 8.07. The third-order valence-electron chi connectivity index (χ3n) is 5.00. The molecule has 2 aromatic rings. The molecule has 12 heteroatoms. The number of imidazole rings is 1. The lowest BCUT2D eigenvalue weighted by Gasteiger charge is -2.37. The Bertz CT molecular complexity index is 965. The van der Waals surface area contributed by atoms with Gasteiger partial charge in [0.2, 0.25) is 0 Å². The van der Waals surface area contributed by atoms with Crippen LogP contribution in [0.25, 0.3) is 11.2 Å². The highest BCUT2D eigenvalue weighted by Gasteiger charge is 2.65. The lowest BCUT2D eigenvalue weighted by atomic mass is 9.80. The van der Waals surface area contributed by atoms with Gasteiger partial charge >= 0.3 is 6.72 Å². The van der Waals surface area contributed by atoms with Crippen LogP contribution >= 0.6 is 6.72 Å². The molecule has 3 unspecified atom stereocenters. The Hall–Kier alpha value is -1.20. The third-order valence-corrected chi connectivity index (χ3v) is 6.66. The molecule has 2 bridgehead atoms. The van der Waals surface area contributed by atoms with Crippen molar-refractivity contribution < 1.29 is 23.4 Å². The average molecular weight is 443 g/mol. The number of ether oxygens (including phenoxy) is 2. The van der Waals surface area contributed by atoms with Gasteiger partial charge in [0.15, 0.2) is 17.7 Å². The molecule has 4 rings (SSSR count). The average Bonchev–Trinajstić information content (AvgIpc) is 3.23. The van der Waals surface area contributed by atoms with Crippen molar-refractivity contribution >= 4 is 35.5 Å². The van der Waals surface area contributed by atoms with E-state index < -0.39 is 30.8 Å². The topological polar surface area (TPSA) is 127 Å². The second-order valence-corrected chi connectivity index (χ2v) is 11.4. The minimum Gasteiger partial charge on any atom is -0.382 e. The minimum absolute atomic E-state index is 0.0814. The fourth-order valence-electron chi connectivity index (χ4n) is 4.20. The summed E-state index contributed by atoms with van der Waals surface area (Å²) in [6, 6.07) is 0. The highest BCUT2D eigenvalue weighted by atomic mass is 32.5. The van der Waals surface area contributed by atoms with Crippen LogP contribution in [0.2, 0.25) is 0 Å². The van der Waals surface area contributed by atoms with Crippen molar-refractivity contribution in [2.75, 3.05) is 18.9 Å². The molecule has 2 fully saturated rings. The first-order valence-corrected chi connectivity index (χ1v) is 12.0. The van der Waals surface area contributed by atoms with Crippen LogP contribution in [0, 0.1) is 5.41 Å². The van der Waals surface area contributed by atoms with E-state index in [4.69, 9.17) is 36.1 Å². The van der Waals surface area contributed by atoms with Gasteiger partial charge in [0.05, 0.1) is 19.5 Å². The Morgan fingerprint density at radius 1 is 1.41 bits per heavy atom. The van der Waals surface area contributed by atoms with Gasteiger partial charge in [-0.1, -0.05) is 20.8 Å². The number of nitrogens with zero attached hydrogens (tertiary/aromatic N) is 4. The van der Waals surface area contributed by atoms with Crippen molar-refractivity contribution in [2.45, 2.75) is 58.2 Å². The second-order valence-electron chi connectivity index (χ2n) is 8.58. The summed E-state index contributed by atoms with van der Waals surface area (Å²) < 4.78 is 25.6. The zero-order chi connectivity index (χ0) is 21.0. The summed E-state index contributed by atoms with van der Waals surface area (Å²) in [5.74, 6) is 0.289. The molecular weight excluding hydrogens is 417 g/mol. The molecule has 2 saturated heterocycles. The second kappa shape index (κ2) is 7.19. The van der Waals surface area contributed by atoms with Crippen molar-refractivity contribution in [2.24, 2.45) is 5.41 Å². The number of hydrogen-bond donors (Lipinski definition) is 2. The molecule has 0 saturated carbocycles. The number of nitrogens with two attached hydrogens (primary N) is 1. The smallest absolute Gasteiger partial charge is 0.324 e. The SMILES string of the molecule is CCOP(O)(=S)OC1C2OC[C@]1(CC(C)(C)C)O[C@H]2n1cnc2c(N)ncnc21. The zero-order valence-electron chi connectivity index (χ0n) is 16.8. The van der Waals surface area contributed by atoms with Gasteiger partial charge in [0, 0.05) is 0 Å².